The van der Waals surface area contributed by atoms with Crippen LogP contribution < -0.4 is 0 Å². The molecule has 1 aliphatic rings. The number of hydrogen-bond donors (Lipinski definition) is 0. The minimum absolute atomic E-state index is 0.00580. The normalized spacial score (nSPS) is 19.3. The largest absolute Gasteiger partial charge is 0.466 e. The summed E-state index contributed by atoms with van der Waals surface area (Å²) in [4.78, 5) is 12.4. The molecule has 0 amide bonds. The highest BCUT2D eigenvalue weighted by atomic mass is 32.2. The van der Waals surface area contributed by atoms with Crippen molar-refractivity contribution >= 4 is 26.8 Å². The van der Waals surface area contributed by atoms with E-state index in [-0.39, 0.29) is 30.6 Å². The summed E-state index contributed by atoms with van der Waals surface area (Å²) in [7, 11) is -3.81. The van der Waals surface area contributed by atoms with E-state index in [4.69, 9.17) is 9.47 Å². The van der Waals surface area contributed by atoms with Crippen LogP contribution in [0, 0.1) is 0 Å². The number of carbonyl (C=O) groups excluding carboxylic acids is 1. The number of rotatable bonds is 8. The maximum Gasteiger partial charge on any atom is 0.307 e. The van der Waals surface area contributed by atoms with Crippen molar-refractivity contribution in [2.24, 2.45) is 0 Å². The summed E-state index contributed by atoms with van der Waals surface area (Å²) in [6, 6.07) is 22.0. The second-order valence-corrected chi connectivity index (χ2v) is 9.79. The summed E-state index contributed by atoms with van der Waals surface area (Å²) < 4.78 is 39.7. The number of benzene rings is 3. The molecule has 2 atom stereocenters. The van der Waals surface area contributed by atoms with E-state index in [0.29, 0.717) is 13.0 Å². The summed E-state index contributed by atoms with van der Waals surface area (Å²) in [6.45, 7) is 2.59. The highest BCUT2D eigenvalue weighted by Gasteiger charge is 2.42. The zero-order valence-corrected chi connectivity index (χ0v) is 18.8. The molecule has 1 heterocycles. The maximum atomic E-state index is 13.6. The van der Waals surface area contributed by atoms with Crippen molar-refractivity contribution in [2.45, 2.75) is 43.4 Å². The van der Waals surface area contributed by atoms with Crippen molar-refractivity contribution in [3.63, 3.8) is 0 Å². The Kier molecular flexibility index (Phi) is 6.89. The van der Waals surface area contributed by atoms with Crippen LogP contribution in [0.1, 0.15) is 25.3 Å². The van der Waals surface area contributed by atoms with Gasteiger partial charge >= 0.3 is 5.97 Å². The number of sulfonamides is 1. The van der Waals surface area contributed by atoms with E-state index in [9.17, 15) is 13.2 Å². The Morgan fingerprint density at radius 3 is 2.47 bits per heavy atom. The first-order chi connectivity index (χ1) is 15.5. The lowest BCUT2D eigenvalue weighted by Crippen LogP contribution is -2.37. The van der Waals surface area contributed by atoms with Crippen LogP contribution in [0.15, 0.2) is 77.7 Å². The van der Waals surface area contributed by atoms with Crippen LogP contribution in [0.2, 0.25) is 0 Å². The van der Waals surface area contributed by atoms with Gasteiger partial charge in [0.05, 0.1) is 30.6 Å². The molecule has 3 aromatic rings. The number of hydrogen-bond acceptors (Lipinski definition) is 5. The number of ether oxygens (including phenoxy) is 2. The zero-order valence-electron chi connectivity index (χ0n) is 18.0. The standard InChI is InChI=1S/C25H27NO5S/c1-2-30-25(27)16-22-15-23(31-18-19-8-4-3-5-9-19)17-26(22)32(28,29)24-13-12-20-10-6-7-11-21(20)14-24/h3-14,22-23H,2,15-18H2,1H3/t22-,23+/m0/s1. The van der Waals surface area contributed by atoms with Crippen molar-refractivity contribution in [3.8, 4) is 0 Å². The van der Waals surface area contributed by atoms with Gasteiger partial charge in [-0.3, -0.25) is 4.79 Å². The summed E-state index contributed by atoms with van der Waals surface area (Å²) in [6.07, 6.45) is 0.148. The van der Waals surface area contributed by atoms with Gasteiger partial charge in [-0.1, -0.05) is 60.7 Å². The molecule has 1 fully saturated rings. The molecule has 168 valence electrons. The Bertz CT molecular complexity index is 1180. The third-order valence-electron chi connectivity index (χ3n) is 5.69. The van der Waals surface area contributed by atoms with Gasteiger partial charge in [0.15, 0.2) is 0 Å². The van der Waals surface area contributed by atoms with Gasteiger partial charge in [0.2, 0.25) is 10.0 Å². The second kappa shape index (κ2) is 9.81. The van der Waals surface area contributed by atoms with Crippen molar-refractivity contribution in [1.29, 1.82) is 0 Å². The fraction of sp³-hybridized carbons (Fsp3) is 0.320. The molecule has 7 heteroatoms. The van der Waals surface area contributed by atoms with E-state index >= 15 is 0 Å². The Hall–Kier alpha value is -2.74. The van der Waals surface area contributed by atoms with Gasteiger partial charge in [-0.25, -0.2) is 8.42 Å². The average molecular weight is 454 g/mol. The summed E-state index contributed by atoms with van der Waals surface area (Å²) in [5, 5.41) is 1.83. The monoisotopic (exact) mass is 453 g/mol. The SMILES string of the molecule is CCOC(=O)C[C@@H]1C[C@@H](OCc2ccccc2)CN1S(=O)(=O)c1ccc2ccccc2c1. The maximum absolute atomic E-state index is 13.6. The van der Waals surface area contributed by atoms with Crippen molar-refractivity contribution in [1.82, 2.24) is 4.31 Å². The van der Waals surface area contributed by atoms with E-state index in [1.165, 1.54) is 4.31 Å². The van der Waals surface area contributed by atoms with Crippen molar-refractivity contribution in [2.75, 3.05) is 13.2 Å². The van der Waals surface area contributed by atoms with Crippen LogP contribution in [-0.2, 0) is 30.9 Å². The molecule has 0 radical (unpaired) electrons. The van der Waals surface area contributed by atoms with Gasteiger partial charge in [0, 0.05) is 12.6 Å². The Morgan fingerprint density at radius 1 is 1.00 bits per heavy atom. The fourth-order valence-corrected chi connectivity index (χ4v) is 5.81. The van der Waals surface area contributed by atoms with Crippen LogP contribution in [0.4, 0.5) is 0 Å². The molecular formula is C25H27NO5S. The minimum atomic E-state index is -3.81. The van der Waals surface area contributed by atoms with Crippen molar-refractivity contribution in [3.05, 3.63) is 78.4 Å². The molecule has 0 aromatic heterocycles. The predicted octanol–water partition coefficient (Wildman–Crippen LogP) is 4.14. The van der Waals surface area contributed by atoms with Crippen LogP contribution in [0.25, 0.3) is 10.8 Å². The average Bonchev–Trinajstić information content (AvgIpc) is 3.21. The molecule has 1 aliphatic heterocycles. The number of esters is 1. The van der Waals surface area contributed by atoms with E-state index in [1.54, 1.807) is 19.1 Å². The third-order valence-corrected chi connectivity index (χ3v) is 7.60. The summed E-state index contributed by atoms with van der Waals surface area (Å²) in [5.41, 5.74) is 1.02. The second-order valence-electron chi connectivity index (χ2n) is 7.90. The van der Waals surface area contributed by atoms with Gasteiger partial charge in [-0.15, -0.1) is 0 Å². The quantitative estimate of drug-likeness (QED) is 0.479. The van der Waals surface area contributed by atoms with Crippen LogP contribution in [0.3, 0.4) is 0 Å². The Labute approximate surface area is 188 Å². The van der Waals surface area contributed by atoms with E-state index in [2.05, 4.69) is 0 Å². The van der Waals surface area contributed by atoms with Crippen molar-refractivity contribution < 1.29 is 22.7 Å². The lowest BCUT2D eigenvalue weighted by molar-refractivity contribution is -0.143. The van der Waals surface area contributed by atoms with E-state index < -0.39 is 22.0 Å². The molecule has 0 spiro atoms. The number of carbonyl (C=O) groups is 1. The minimum Gasteiger partial charge on any atom is -0.466 e. The first kappa shape index (κ1) is 22.5. The number of nitrogens with zero attached hydrogens (tertiary/aromatic N) is 1. The van der Waals surface area contributed by atoms with Gasteiger partial charge in [0.1, 0.15) is 0 Å². The highest BCUT2D eigenvalue weighted by Crippen LogP contribution is 2.31. The summed E-state index contributed by atoms with van der Waals surface area (Å²) in [5.74, 6) is -0.403. The molecule has 1 saturated heterocycles. The first-order valence-electron chi connectivity index (χ1n) is 10.8. The highest BCUT2D eigenvalue weighted by molar-refractivity contribution is 7.89. The third kappa shape index (κ3) is 5.01. The molecular weight excluding hydrogens is 426 g/mol. The molecule has 0 bridgehead atoms. The molecule has 6 nitrogen and oxygen atoms in total. The fourth-order valence-electron chi connectivity index (χ4n) is 4.11. The molecule has 0 unspecified atom stereocenters. The van der Waals surface area contributed by atoms with Crippen LogP contribution in [0.5, 0.6) is 0 Å². The van der Waals surface area contributed by atoms with E-state index in [1.807, 2.05) is 60.7 Å². The topological polar surface area (TPSA) is 72.9 Å². The first-order valence-corrected chi connectivity index (χ1v) is 12.2. The lowest BCUT2D eigenvalue weighted by atomic mass is 10.1. The zero-order chi connectivity index (χ0) is 22.6. The predicted molar refractivity (Wildman–Crippen MR) is 123 cm³/mol. The van der Waals surface area contributed by atoms with E-state index in [0.717, 1.165) is 16.3 Å². The van der Waals surface area contributed by atoms with Gasteiger partial charge in [0.25, 0.3) is 0 Å². The van der Waals surface area contributed by atoms with Gasteiger partial charge in [-0.05, 0) is 41.8 Å². The van der Waals surface area contributed by atoms with Crippen LogP contribution in [-0.4, -0.2) is 44.0 Å². The van der Waals surface area contributed by atoms with Gasteiger partial charge in [-0.2, -0.15) is 4.31 Å². The molecule has 4 rings (SSSR count). The molecule has 0 aliphatic carbocycles. The molecule has 0 N–H and O–H groups in total. The smallest absolute Gasteiger partial charge is 0.307 e. The molecule has 32 heavy (non-hydrogen) atoms. The molecule has 3 aromatic carbocycles. The Balaban J connectivity index is 1.57. The lowest BCUT2D eigenvalue weighted by Gasteiger charge is -2.23. The summed E-state index contributed by atoms with van der Waals surface area (Å²) >= 11 is 0. The van der Waals surface area contributed by atoms with Gasteiger partial charge < -0.3 is 9.47 Å². The number of fused-ring (bicyclic) bond motifs is 1. The Morgan fingerprint density at radius 2 is 1.72 bits per heavy atom. The molecule has 0 saturated carbocycles. The van der Waals surface area contributed by atoms with Crippen LogP contribution >= 0.6 is 0 Å².